The minimum atomic E-state index is -0.586. The number of carbonyl (C=O) groups is 1. The lowest BCUT2D eigenvalue weighted by molar-refractivity contribution is -0.120. The fourth-order valence-electron chi connectivity index (χ4n) is 3.13. The third-order valence-corrected chi connectivity index (χ3v) is 4.07. The highest BCUT2D eigenvalue weighted by atomic mass is 16.1. The van der Waals surface area contributed by atoms with Crippen LogP contribution >= 0.6 is 0 Å². The summed E-state index contributed by atoms with van der Waals surface area (Å²) in [5, 5.41) is 0. The van der Waals surface area contributed by atoms with Gasteiger partial charge < -0.3 is 5.73 Å². The molecular formula is C13H15N3O. The SMILES string of the molecule is CC1=CC(=O)C2(CCCC2N)c2ncncc21. The minimum Gasteiger partial charge on any atom is -0.326 e. The molecule has 2 aliphatic carbocycles. The van der Waals surface area contributed by atoms with Gasteiger partial charge in [-0.05, 0) is 31.4 Å². The zero-order chi connectivity index (χ0) is 12.0. The summed E-state index contributed by atoms with van der Waals surface area (Å²) in [4.78, 5) is 20.8. The Morgan fingerprint density at radius 3 is 3.06 bits per heavy atom. The quantitative estimate of drug-likeness (QED) is 0.726. The Kier molecular flexibility index (Phi) is 2.16. The molecule has 2 N–H and O–H groups in total. The van der Waals surface area contributed by atoms with Crippen LogP contribution in [0.25, 0.3) is 5.57 Å². The van der Waals surface area contributed by atoms with Crippen molar-refractivity contribution in [1.29, 1.82) is 0 Å². The van der Waals surface area contributed by atoms with Crippen LogP contribution in [0, 0.1) is 0 Å². The highest BCUT2D eigenvalue weighted by Gasteiger charge is 2.51. The van der Waals surface area contributed by atoms with E-state index in [-0.39, 0.29) is 11.8 Å². The summed E-state index contributed by atoms with van der Waals surface area (Å²) in [6.45, 7) is 1.92. The summed E-state index contributed by atoms with van der Waals surface area (Å²) >= 11 is 0. The molecule has 1 heterocycles. The van der Waals surface area contributed by atoms with Gasteiger partial charge in [0.1, 0.15) is 6.33 Å². The highest BCUT2D eigenvalue weighted by Crippen LogP contribution is 2.45. The molecule has 0 bridgehead atoms. The number of rotatable bonds is 0. The van der Waals surface area contributed by atoms with Crippen molar-refractivity contribution in [1.82, 2.24) is 9.97 Å². The lowest BCUT2D eigenvalue weighted by Crippen LogP contribution is -2.49. The average molecular weight is 229 g/mol. The molecule has 2 unspecified atom stereocenters. The van der Waals surface area contributed by atoms with Gasteiger partial charge >= 0.3 is 0 Å². The van der Waals surface area contributed by atoms with E-state index in [9.17, 15) is 4.79 Å². The van der Waals surface area contributed by atoms with Crippen LogP contribution in [0.5, 0.6) is 0 Å². The number of allylic oxidation sites excluding steroid dienone is 2. The van der Waals surface area contributed by atoms with E-state index in [0.717, 1.165) is 36.1 Å². The summed E-state index contributed by atoms with van der Waals surface area (Å²) in [6, 6.07) is -0.118. The normalized spacial score (nSPS) is 31.5. The third kappa shape index (κ3) is 1.24. The first-order valence-corrected chi connectivity index (χ1v) is 5.95. The molecule has 17 heavy (non-hydrogen) atoms. The summed E-state index contributed by atoms with van der Waals surface area (Å²) in [7, 11) is 0. The largest absolute Gasteiger partial charge is 0.326 e. The van der Waals surface area contributed by atoms with Crippen LogP contribution in [0.3, 0.4) is 0 Å². The van der Waals surface area contributed by atoms with Gasteiger partial charge in [0.05, 0.1) is 11.1 Å². The monoisotopic (exact) mass is 229 g/mol. The Bertz CT molecular complexity index is 523. The topological polar surface area (TPSA) is 68.9 Å². The molecule has 0 amide bonds. The van der Waals surface area contributed by atoms with E-state index in [1.807, 2.05) is 6.92 Å². The standard InChI is InChI=1S/C13H15N3O/c1-8-5-11(17)13(4-2-3-10(13)14)12-9(8)6-15-7-16-12/h5-7,10H,2-4,14H2,1H3. The van der Waals surface area contributed by atoms with Crippen molar-refractivity contribution in [2.24, 2.45) is 5.73 Å². The Morgan fingerprint density at radius 2 is 2.35 bits per heavy atom. The molecule has 3 rings (SSSR count). The van der Waals surface area contributed by atoms with Crippen LogP contribution in [0.15, 0.2) is 18.6 Å². The second-order valence-corrected chi connectivity index (χ2v) is 4.95. The van der Waals surface area contributed by atoms with Crippen LogP contribution in [-0.4, -0.2) is 21.8 Å². The minimum absolute atomic E-state index is 0.117. The molecule has 2 atom stereocenters. The first-order valence-electron chi connectivity index (χ1n) is 5.95. The van der Waals surface area contributed by atoms with Gasteiger partial charge in [0.2, 0.25) is 0 Å². The van der Waals surface area contributed by atoms with Gasteiger partial charge in [-0.1, -0.05) is 6.42 Å². The Balaban J connectivity index is 2.28. The van der Waals surface area contributed by atoms with Crippen LogP contribution in [0.1, 0.15) is 37.4 Å². The Labute approximate surface area is 100.0 Å². The number of hydrogen-bond acceptors (Lipinski definition) is 4. The molecule has 0 aliphatic heterocycles. The van der Waals surface area contributed by atoms with E-state index in [0.29, 0.717) is 0 Å². The first-order chi connectivity index (χ1) is 8.16. The molecule has 1 fully saturated rings. The van der Waals surface area contributed by atoms with Crippen molar-refractivity contribution in [3.8, 4) is 0 Å². The van der Waals surface area contributed by atoms with Gasteiger partial charge in [0.15, 0.2) is 5.78 Å². The van der Waals surface area contributed by atoms with Crippen molar-refractivity contribution in [2.45, 2.75) is 37.6 Å². The molecule has 88 valence electrons. The lowest BCUT2D eigenvalue weighted by atomic mass is 9.70. The average Bonchev–Trinajstić information content (AvgIpc) is 2.70. The fraction of sp³-hybridized carbons (Fsp3) is 0.462. The van der Waals surface area contributed by atoms with E-state index < -0.39 is 5.41 Å². The lowest BCUT2D eigenvalue weighted by Gasteiger charge is -2.34. The van der Waals surface area contributed by atoms with Gasteiger partial charge in [-0.15, -0.1) is 0 Å². The molecule has 2 aliphatic rings. The molecule has 1 spiro atoms. The van der Waals surface area contributed by atoms with E-state index in [4.69, 9.17) is 5.73 Å². The summed E-state index contributed by atoms with van der Waals surface area (Å²) in [6.07, 6.45) is 7.69. The predicted molar refractivity (Wildman–Crippen MR) is 64.2 cm³/mol. The van der Waals surface area contributed by atoms with Crippen LogP contribution in [0.2, 0.25) is 0 Å². The number of ketones is 1. The number of fused-ring (bicyclic) bond motifs is 2. The van der Waals surface area contributed by atoms with Gasteiger partial charge in [-0.25, -0.2) is 9.97 Å². The summed E-state index contributed by atoms with van der Waals surface area (Å²) < 4.78 is 0. The second-order valence-electron chi connectivity index (χ2n) is 4.95. The van der Waals surface area contributed by atoms with Gasteiger partial charge in [-0.3, -0.25) is 4.79 Å². The maximum atomic E-state index is 12.4. The molecule has 1 aromatic heterocycles. The van der Waals surface area contributed by atoms with E-state index in [1.165, 1.54) is 6.33 Å². The molecule has 0 radical (unpaired) electrons. The highest BCUT2D eigenvalue weighted by molar-refractivity contribution is 6.07. The van der Waals surface area contributed by atoms with Crippen molar-refractivity contribution < 1.29 is 4.79 Å². The zero-order valence-corrected chi connectivity index (χ0v) is 9.81. The molecule has 4 nitrogen and oxygen atoms in total. The second kappa shape index (κ2) is 3.47. The molecule has 1 aromatic rings. The van der Waals surface area contributed by atoms with Gasteiger partial charge in [-0.2, -0.15) is 0 Å². The van der Waals surface area contributed by atoms with E-state index >= 15 is 0 Å². The predicted octanol–water partition coefficient (Wildman–Crippen LogP) is 1.21. The summed E-state index contributed by atoms with van der Waals surface area (Å²) in [5.41, 5.74) is 8.35. The van der Waals surface area contributed by atoms with Crippen LogP contribution < -0.4 is 5.73 Å². The number of nitrogens with two attached hydrogens (primary N) is 1. The summed E-state index contributed by atoms with van der Waals surface area (Å²) in [5.74, 6) is 0.117. The number of nitrogens with zero attached hydrogens (tertiary/aromatic N) is 2. The maximum Gasteiger partial charge on any atom is 0.169 e. The molecule has 0 saturated heterocycles. The Hall–Kier alpha value is -1.55. The van der Waals surface area contributed by atoms with Gasteiger partial charge in [0.25, 0.3) is 0 Å². The van der Waals surface area contributed by atoms with E-state index in [1.54, 1.807) is 12.3 Å². The van der Waals surface area contributed by atoms with Gasteiger partial charge in [0, 0.05) is 17.8 Å². The number of aromatic nitrogens is 2. The van der Waals surface area contributed by atoms with Crippen molar-refractivity contribution in [3.05, 3.63) is 29.9 Å². The van der Waals surface area contributed by atoms with Crippen molar-refractivity contribution in [3.63, 3.8) is 0 Å². The van der Waals surface area contributed by atoms with Crippen molar-refractivity contribution >= 4 is 11.4 Å². The van der Waals surface area contributed by atoms with E-state index in [2.05, 4.69) is 9.97 Å². The fourth-order valence-corrected chi connectivity index (χ4v) is 3.13. The smallest absolute Gasteiger partial charge is 0.169 e. The Morgan fingerprint density at radius 1 is 1.53 bits per heavy atom. The molecular weight excluding hydrogens is 214 g/mol. The van der Waals surface area contributed by atoms with Crippen molar-refractivity contribution in [2.75, 3.05) is 0 Å². The first kappa shape index (κ1) is 10.6. The third-order valence-electron chi connectivity index (χ3n) is 4.07. The van der Waals surface area contributed by atoms with Crippen LogP contribution in [0.4, 0.5) is 0 Å². The van der Waals surface area contributed by atoms with Crippen LogP contribution in [-0.2, 0) is 10.2 Å². The molecule has 4 heteroatoms. The zero-order valence-electron chi connectivity index (χ0n) is 9.81. The molecule has 0 aromatic carbocycles. The molecule has 1 saturated carbocycles. The maximum absolute atomic E-state index is 12.4. The number of carbonyl (C=O) groups excluding carboxylic acids is 1. The number of hydrogen-bond donors (Lipinski definition) is 1.